The number of nitriles is 1. The second-order valence-corrected chi connectivity index (χ2v) is 8.35. The van der Waals surface area contributed by atoms with Crippen molar-refractivity contribution >= 4 is 33.1 Å². The van der Waals surface area contributed by atoms with E-state index < -0.39 is 0 Å². The molecule has 28 heavy (non-hydrogen) atoms. The number of aryl methyl sites for hydroxylation is 1. The zero-order valence-electron chi connectivity index (χ0n) is 15.5. The van der Waals surface area contributed by atoms with Crippen molar-refractivity contribution in [2.45, 2.75) is 39.0 Å². The summed E-state index contributed by atoms with van der Waals surface area (Å²) in [6, 6.07) is 9.39. The van der Waals surface area contributed by atoms with Crippen LogP contribution in [0.25, 0.3) is 10.9 Å². The minimum absolute atomic E-state index is 0.182. The van der Waals surface area contributed by atoms with Crippen LogP contribution in [0, 0.1) is 17.2 Å². The highest BCUT2D eigenvalue weighted by atomic mass is 32.1. The maximum Gasteiger partial charge on any atom is 0.258 e. The van der Waals surface area contributed by atoms with Crippen LogP contribution in [0.3, 0.4) is 0 Å². The molecule has 7 heteroatoms. The van der Waals surface area contributed by atoms with Gasteiger partial charge in [0.05, 0.1) is 16.5 Å². The molecule has 1 aliphatic rings. The van der Waals surface area contributed by atoms with Crippen molar-refractivity contribution in [1.82, 2.24) is 9.97 Å². The van der Waals surface area contributed by atoms with Crippen LogP contribution >= 0.6 is 11.3 Å². The van der Waals surface area contributed by atoms with Crippen LogP contribution in [0.1, 0.15) is 41.6 Å². The Kier molecular flexibility index (Phi) is 4.97. The summed E-state index contributed by atoms with van der Waals surface area (Å²) in [5.41, 5.74) is 2.13. The number of para-hydroxylation sites is 1. The van der Waals surface area contributed by atoms with Gasteiger partial charge in [0.15, 0.2) is 0 Å². The minimum Gasteiger partial charge on any atom is -0.317 e. The molecule has 0 unspecified atom stereocenters. The first kappa shape index (κ1) is 18.4. The van der Waals surface area contributed by atoms with Crippen molar-refractivity contribution in [3.63, 3.8) is 0 Å². The summed E-state index contributed by atoms with van der Waals surface area (Å²) < 4.78 is 0. The second kappa shape index (κ2) is 7.56. The van der Waals surface area contributed by atoms with Gasteiger partial charge in [0, 0.05) is 17.7 Å². The number of carbonyl (C=O) groups excluding carboxylic acids is 1. The molecule has 1 amide bonds. The average Bonchev–Trinajstić information content (AvgIpc) is 3.02. The van der Waals surface area contributed by atoms with Crippen LogP contribution in [0.5, 0.6) is 0 Å². The summed E-state index contributed by atoms with van der Waals surface area (Å²) in [6.07, 6.45) is 3.45. The first-order valence-electron chi connectivity index (χ1n) is 9.37. The lowest BCUT2D eigenvalue weighted by Crippen LogP contribution is -2.16. The summed E-state index contributed by atoms with van der Waals surface area (Å²) in [5, 5.41) is 13.6. The van der Waals surface area contributed by atoms with E-state index in [1.54, 1.807) is 18.2 Å². The number of benzene rings is 1. The Morgan fingerprint density at radius 3 is 3.07 bits per heavy atom. The Bertz CT molecular complexity index is 1160. The molecule has 1 atom stereocenters. The summed E-state index contributed by atoms with van der Waals surface area (Å²) in [7, 11) is 0. The van der Waals surface area contributed by atoms with Crippen LogP contribution < -0.4 is 10.9 Å². The quantitative estimate of drug-likeness (QED) is 0.709. The van der Waals surface area contributed by atoms with Crippen LogP contribution in [0.4, 0.5) is 5.00 Å². The number of nitrogens with one attached hydrogen (secondary N) is 2. The Morgan fingerprint density at radius 2 is 2.25 bits per heavy atom. The van der Waals surface area contributed by atoms with Crippen LogP contribution in [-0.2, 0) is 24.1 Å². The summed E-state index contributed by atoms with van der Waals surface area (Å²) in [4.78, 5) is 33.0. The molecule has 6 nitrogen and oxygen atoms in total. The largest absolute Gasteiger partial charge is 0.317 e. The number of carbonyl (C=O) groups is 1. The second-order valence-electron chi connectivity index (χ2n) is 7.25. The van der Waals surface area contributed by atoms with Gasteiger partial charge in [0.1, 0.15) is 16.9 Å². The van der Waals surface area contributed by atoms with E-state index in [1.165, 1.54) is 16.2 Å². The zero-order valence-corrected chi connectivity index (χ0v) is 16.4. The van der Waals surface area contributed by atoms with E-state index in [9.17, 15) is 14.9 Å². The fourth-order valence-corrected chi connectivity index (χ4v) is 5.01. The molecule has 2 N–H and O–H groups in total. The third-order valence-corrected chi connectivity index (χ3v) is 6.30. The van der Waals surface area contributed by atoms with Crippen molar-refractivity contribution < 1.29 is 4.79 Å². The van der Waals surface area contributed by atoms with Gasteiger partial charge in [-0.25, -0.2) is 4.98 Å². The van der Waals surface area contributed by atoms with Gasteiger partial charge < -0.3 is 10.3 Å². The van der Waals surface area contributed by atoms with E-state index in [4.69, 9.17) is 0 Å². The van der Waals surface area contributed by atoms with Gasteiger partial charge in [-0.1, -0.05) is 19.1 Å². The molecular formula is C21H20N4O2S. The SMILES string of the molecule is C[C@H]1CCc2c(sc(NC(=O)CCc3nc4ccccc4c(=O)[nH]3)c2C#N)C1. The molecular weight excluding hydrogens is 372 g/mol. The summed E-state index contributed by atoms with van der Waals surface area (Å²) in [6.45, 7) is 2.21. The molecule has 0 radical (unpaired) electrons. The minimum atomic E-state index is -0.201. The Morgan fingerprint density at radius 1 is 1.43 bits per heavy atom. The van der Waals surface area contributed by atoms with E-state index >= 15 is 0 Å². The number of nitrogens with zero attached hydrogens (tertiary/aromatic N) is 2. The first-order chi connectivity index (χ1) is 13.5. The molecule has 4 rings (SSSR count). The van der Waals surface area contributed by atoms with E-state index in [-0.39, 0.29) is 17.9 Å². The van der Waals surface area contributed by atoms with E-state index in [1.807, 2.05) is 6.07 Å². The van der Waals surface area contributed by atoms with Gasteiger partial charge in [0.25, 0.3) is 5.56 Å². The molecule has 3 aromatic rings. The van der Waals surface area contributed by atoms with Crippen molar-refractivity contribution in [2.24, 2.45) is 5.92 Å². The van der Waals surface area contributed by atoms with Gasteiger partial charge in [-0.15, -0.1) is 11.3 Å². The van der Waals surface area contributed by atoms with Crippen molar-refractivity contribution in [1.29, 1.82) is 5.26 Å². The highest BCUT2D eigenvalue weighted by Crippen LogP contribution is 2.39. The third kappa shape index (κ3) is 3.56. The van der Waals surface area contributed by atoms with Crippen LogP contribution in [-0.4, -0.2) is 15.9 Å². The standard InChI is InChI=1S/C21H20N4O2S/c1-12-6-7-13-15(11-22)21(28-17(13)10-12)25-19(26)9-8-18-23-16-5-3-2-4-14(16)20(27)24-18/h2-5,12H,6-10H2,1H3,(H,25,26)(H,23,24,27)/t12-/m0/s1. The maximum absolute atomic E-state index is 12.4. The van der Waals surface area contributed by atoms with E-state index in [2.05, 4.69) is 28.3 Å². The van der Waals surface area contributed by atoms with Gasteiger partial charge in [-0.3, -0.25) is 9.59 Å². The monoisotopic (exact) mass is 392 g/mol. The van der Waals surface area contributed by atoms with Crippen molar-refractivity contribution in [2.75, 3.05) is 5.32 Å². The van der Waals surface area contributed by atoms with Gasteiger partial charge in [-0.05, 0) is 42.9 Å². The van der Waals surface area contributed by atoms with Crippen LogP contribution in [0.15, 0.2) is 29.1 Å². The molecule has 0 fully saturated rings. The summed E-state index contributed by atoms with van der Waals surface area (Å²) >= 11 is 1.52. The highest BCUT2D eigenvalue weighted by Gasteiger charge is 2.24. The normalized spacial score (nSPS) is 15.8. The topological polar surface area (TPSA) is 98.6 Å². The molecule has 0 saturated carbocycles. The molecule has 0 spiro atoms. The molecule has 0 saturated heterocycles. The fraction of sp³-hybridized carbons (Fsp3) is 0.333. The maximum atomic E-state index is 12.4. The van der Waals surface area contributed by atoms with Crippen molar-refractivity contribution in [3.05, 3.63) is 56.4 Å². The van der Waals surface area contributed by atoms with E-state index in [0.717, 1.165) is 24.8 Å². The molecule has 2 aromatic heterocycles. The van der Waals surface area contributed by atoms with E-state index in [0.29, 0.717) is 39.6 Å². The number of H-pyrrole nitrogens is 1. The molecule has 2 heterocycles. The summed E-state index contributed by atoms with van der Waals surface area (Å²) in [5.74, 6) is 0.912. The lowest BCUT2D eigenvalue weighted by molar-refractivity contribution is -0.116. The van der Waals surface area contributed by atoms with Crippen LogP contribution in [0.2, 0.25) is 0 Å². The molecule has 142 valence electrons. The number of hydrogen-bond donors (Lipinski definition) is 2. The average molecular weight is 392 g/mol. The highest BCUT2D eigenvalue weighted by molar-refractivity contribution is 7.16. The zero-order chi connectivity index (χ0) is 19.7. The molecule has 0 bridgehead atoms. The molecule has 0 aliphatic heterocycles. The Labute approximate surface area is 166 Å². The number of rotatable bonds is 4. The first-order valence-corrected chi connectivity index (χ1v) is 10.2. The lowest BCUT2D eigenvalue weighted by atomic mass is 9.88. The number of amides is 1. The van der Waals surface area contributed by atoms with Gasteiger partial charge in [-0.2, -0.15) is 5.26 Å². The fourth-order valence-electron chi connectivity index (χ4n) is 3.63. The molecule has 1 aliphatic carbocycles. The molecule has 1 aromatic carbocycles. The number of fused-ring (bicyclic) bond motifs is 2. The van der Waals surface area contributed by atoms with Crippen molar-refractivity contribution in [3.8, 4) is 6.07 Å². The number of hydrogen-bond acceptors (Lipinski definition) is 5. The number of anilines is 1. The number of aromatic amines is 1. The lowest BCUT2D eigenvalue weighted by Gasteiger charge is -2.17. The predicted molar refractivity (Wildman–Crippen MR) is 110 cm³/mol. The third-order valence-electron chi connectivity index (χ3n) is 5.13. The Hall–Kier alpha value is -2.98. The van der Waals surface area contributed by atoms with Gasteiger partial charge in [0.2, 0.25) is 5.91 Å². The Balaban J connectivity index is 1.47. The predicted octanol–water partition coefficient (Wildman–Crippen LogP) is 3.55. The smallest absolute Gasteiger partial charge is 0.258 e. The number of aromatic nitrogens is 2. The van der Waals surface area contributed by atoms with Gasteiger partial charge >= 0.3 is 0 Å². The number of thiophene rings is 1.